The maximum Gasteiger partial charge on any atom is 0.223 e. The molecule has 1 N–H and O–H groups in total. The Labute approximate surface area is 113 Å². The summed E-state index contributed by atoms with van der Waals surface area (Å²) in [5.41, 5.74) is 0.866. The fourth-order valence-corrected chi connectivity index (χ4v) is 2.53. The highest BCUT2D eigenvalue weighted by Gasteiger charge is 2.21. The second-order valence-corrected chi connectivity index (χ2v) is 4.99. The van der Waals surface area contributed by atoms with E-state index in [9.17, 15) is 9.18 Å². The average molecular weight is 265 g/mol. The Kier molecular flexibility index (Phi) is 4.77. The second-order valence-electron chi connectivity index (χ2n) is 4.99. The van der Waals surface area contributed by atoms with Gasteiger partial charge in [0, 0.05) is 12.5 Å². The van der Waals surface area contributed by atoms with Crippen LogP contribution in [0.2, 0.25) is 0 Å². The van der Waals surface area contributed by atoms with Gasteiger partial charge in [-0.25, -0.2) is 4.39 Å². The van der Waals surface area contributed by atoms with E-state index in [1.165, 1.54) is 13.2 Å². The molecule has 0 bridgehead atoms. The third kappa shape index (κ3) is 3.69. The first-order chi connectivity index (χ1) is 9.20. The highest BCUT2D eigenvalue weighted by Crippen LogP contribution is 2.24. The summed E-state index contributed by atoms with van der Waals surface area (Å²) in [5.74, 6) is 0.222. The number of nitrogens with one attached hydrogen (secondary N) is 1. The van der Waals surface area contributed by atoms with E-state index in [0.717, 1.165) is 31.2 Å². The van der Waals surface area contributed by atoms with Gasteiger partial charge in [0.05, 0.1) is 7.11 Å². The van der Waals surface area contributed by atoms with Crippen LogP contribution < -0.4 is 10.1 Å². The van der Waals surface area contributed by atoms with Crippen molar-refractivity contribution in [2.75, 3.05) is 13.7 Å². The molecule has 1 amide bonds. The van der Waals surface area contributed by atoms with Gasteiger partial charge in [0.15, 0.2) is 11.6 Å². The Bertz CT molecular complexity index is 442. The summed E-state index contributed by atoms with van der Waals surface area (Å²) < 4.78 is 18.3. The number of ether oxygens (including phenoxy) is 1. The molecule has 3 nitrogen and oxygen atoms in total. The minimum absolute atomic E-state index is 0.145. The predicted octanol–water partition coefficient (Wildman–Crippen LogP) is 2.68. The zero-order chi connectivity index (χ0) is 13.7. The molecule has 1 aromatic carbocycles. The lowest BCUT2D eigenvalue weighted by Gasteiger charge is -2.10. The number of amides is 1. The van der Waals surface area contributed by atoms with Crippen LogP contribution in [0.5, 0.6) is 5.75 Å². The highest BCUT2D eigenvalue weighted by atomic mass is 19.1. The number of carbonyl (C=O) groups excluding carboxylic acids is 1. The maximum absolute atomic E-state index is 13.5. The smallest absolute Gasteiger partial charge is 0.223 e. The van der Waals surface area contributed by atoms with Crippen molar-refractivity contribution in [3.05, 3.63) is 29.6 Å². The largest absolute Gasteiger partial charge is 0.494 e. The molecule has 19 heavy (non-hydrogen) atoms. The third-order valence-corrected chi connectivity index (χ3v) is 3.66. The molecule has 104 valence electrons. The summed E-state index contributed by atoms with van der Waals surface area (Å²) in [6.07, 6.45) is 4.95. The molecule has 1 aliphatic rings. The van der Waals surface area contributed by atoms with E-state index in [0.29, 0.717) is 13.0 Å². The van der Waals surface area contributed by atoms with Gasteiger partial charge in [-0.15, -0.1) is 0 Å². The highest BCUT2D eigenvalue weighted by molar-refractivity contribution is 5.78. The van der Waals surface area contributed by atoms with Crippen LogP contribution in [0.4, 0.5) is 4.39 Å². The van der Waals surface area contributed by atoms with Crippen LogP contribution in [-0.4, -0.2) is 19.6 Å². The van der Waals surface area contributed by atoms with Crippen molar-refractivity contribution in [1.29, 1.82) is 0 Å². The van der Waals surface area contributed by atoms with E-state index in [4.69, 9.17) is 4.74 Å². The summed E-state index contributed by atoms with van der Waals surface area (Å²) in [6.45, 7) is 0.557. The van der Waals surface area contributed by atoms with Crippen LogP contribution >= 0.6 is 0 Å². The van der Waals surface area contributed by atoms with Crippen LogP contribution in [0, 0.1) is 11.7 Å². The van der Waals surface area contributed by atoms with Gasteiger partial charge < -0.3 is 10.1 Å². The van der Waals surface area contributed by atoms with Crippen LogP contribution in [0.3, 0.4) is 0 Å². The number of hydrogen-bond acceptors (Lipinski definition) is 2. The molecule has 0 spiro atoms. The summed E-state index contributed by atoms with van der Waals surface area (Å²) >= 11 is 0. The van der Waals surface area contributed by atoms with Crippen LogP contribution in [0.15, 0.2) is 18.2 Å². The van der Waals surface area contributed by atoms with Gasteiger partial charge in [0.25, 0.3) is 0 Å². The van der Waals surface area contributed by atoms with Crippen molar-refractivity contribution in [1.82, 2.24) is 5.32 Å². The van der Waals surface area contributed by atoms with Crippen molar-refractivity contribution in [2.24, 2.45) is 5.92 Å². The van der Waals surface area contributed by atoms with Crippen molar-refractivity contribution >= 4 is 5.91 Å². The van der Waals surface area contributed by atoms with Crippen molar-refractivity contribution in [2.45, 2.75) is 32.1 Å². The number of methoxy groups -OCH3 is 1. The van der Waals surface area contributed by atoms with E-state index >= 15 is 0 Å². The van der Waals surface area contributed by atoms with Crippen molar-refractivity contribution < 1.29 is 13.9 Å². The van der Waals surface area contributed by atoms with Crippen LogP contribution in [0.25, 0.3) is 0 Å². The van der Waals surface area contributed by atoms with Gasteiger partial charge in [0.1, 0.15) is 0 Å². The summed E-state index contributed by atoms with van der Waals surface area (Å²) in [4.78, 5) is 11.8. The summed E-state index contributed by atoms with van der Waals surface area (Å²) in [7, 11) is 1.44. The fraction of sp³-hybridized carbons (Fsp3) is 0.533. The Morgan fingerprint density at radius 2 is 2.16 bits per heavy atom. The molecule has 1 aromatic rings. The lowest BCUT2D eigenvalue weighted by molar-refractivity contribution is -0.124. The molecular formula is C15H20FNO2. The molecule has 0 saturated heterocycles. The Balaban J connectivity index is 1.79. The van der Waals surface area contributed by atoms with E-state index in [-0.39, 0.29) is 23.4 Å². The Morgan fingerprint density at radius 1 is 1.42 bits per heavy atom. The van der Waals surface area contributed by atoms with Gasteiger partial charge in [-0.3, -0.25) is 4.79 Å². The number of hydrogen-bond donors (Lipinski definition) is 1. The lowest BCUT2D eigenvalue weighted by atomic mass is 10.1. The number of rotatable bonds is 5. The minimum atomic E-state index is -0.359. The Morgan fingerprint density at radius 3 is 2.79 bits per heavy atom. The van der Waals surface area contributed by atoms with Gasteiger partial charge >= 0.3 is 0 Å². The normalized spacial score (nSPS) is 15.5. The first kappa shape index (κ1) is 13.8. The van der Waals surface area contributed by atoms with Crippen LogP contribution in [-0.2, 0) is 11.2 Å². The second kappa shape index (κ2) is 6.55. The zero-order valence-electron chi connectivity index (χ0n) is 11.2. The molecule has 0 radical (unpaired) electrons. The summed E-state index contributed by atoms with van der Waals surface area (Å²) in [6, 6.07) is 4.90. The number of benzene rings is 1. The molecule has 0 unspecified atom stereocenters. The molecular weight excluding hydrogens is 245 g/mol. The average Bonchev–Trinajstić information content (AvgIpc) is 2.93. The number of carbonyl (C=O) groups is 1. The minimum Gasteiger partial charge on any atom is -0.494 e. The SMILES string of the molecule is COc1ccc(CCNC(=O)C2CCCC2)cc1F. The molecule has 0 atom stereocenters. The van der Waals surface area contributed by atoms with E-state index in [1.54, 1.807) is 6.07 Å². The standard InChI is InChI=1S/C15H20FNO2/c1-19-14-7-6-11(10-13(14)16)8-9-17-15(18)12-4-2-3-5-12/h6-7,10,12H,2-5,8-9H2,1H3,(H,17,18). The van der Waals surface area contributed by atoms with E-state index < -0.39 is 0 Å². The molecule has 0 aromatic heterocycles. The zero-order valence-corrected chi connectivity index (χ0v) is 11.2. The van der Waals surface area contributed by atoms with Gasteiger partial charge in [-0.2, -0.15) is 0 Å². The van der Waals surface area contributed by atoms with E-state index in [2.05, 4.69) is 5.32 Å². The molecule has 2 rings (SSSR count). The quantitative estimate of drug-likeness (QED) is 0.889. The molecule has 1 fully saturated rings. The van der Waals surface area contributed by atoms with Gasteiger partial charge in [0.2, 0.25) is 5.91 Å². The van der Waals surface area contributed by atoms with E-state index in [1.807, 2.05) is 6.07 Å². The maximum atomic E-state index is 13.5. The monoisotopic (exact) mass is 265 g/mol. The summed E-state index contributed by atoms with van der Waals surface area (Å²) in [5, 5.41) is 2.93. The Hall–Kier alpha value is -1.58. The fourth-order valence-electron chi connectivity index (χ4n) is 2.53. The van der Waals surface area contributed by atoms with Gasteiger partial charge in [-0.1, -0.05) is 18.9 Å². The molecule has 0 heterocycles. The molecule has 4 heteroatoms. The first-order valence-electron chi connectivity index (χ1n) is 6.81. The topological polar surface area (TPSA) is 38.3 Å². The molecule has 1 aliphatic carbocycles. The first-order valence-corrected chi connectivity index (χ1v) is 6.81. The number of halogens is 1. The van der Waals surface area contributed by atoms with Gasteiger partial charge in [-0.05, 0) is 37.0 Å². The van der Waals surface area contributed by atoms with Crippen molar-refractivity contribution in [3.8, 4) is 5.75 Å². The third-order valence-electron chi connectivity index (χ3n) is 3.66. The van der Waals surface area contributed by atoms with Crippen molar-refractivity contribution in [3.63, 3.8) is 0 Å². The molecule has 1 saturated carbocycles. The lowest BCUT2D eigenvalue weighted by Crippen LogP contribution is -2.30. The predicted molar refractivity (Wildman–Crippen MR) is 71.6 cm³/mol. The molecule has 0 aliphatic heterocycles. The van der Waals surface area contributed by atoms with Crippen LogP contribution in [0.1, 0.15) is 31.2 Å².